The van der Waals surface area contributed by atoms with Gasteiger partial charge in [-0.15, -0.1) is 11.3 Å². The number of nitrogens with zero attached hydrogens (tertiary/aromatic N) is 1. The SMILES string of the molecule is O=c1oc2ccccc2n1CCNCCc1cccs1. The van der Waals surface area contributed by atoms with Crippen LogP contribution in [0.15, 0.2) is 51.0 Å². The number of thiophene rings is 1. The van der Waals surface area contributed by atoms with Crippen molar-refractivity contribution in [2.24, 2.45) is 0 Å². The minimum Gasteiger partial charge on any atom is -0.408 e. The van der Waals surface area contributed by atoms with Crippen molar-refractivity contribution in [2.75, 3.05) is 13.1 Å². The highest BCUT2D eigenvalue weighted by molar-refractivity contribution is 7.09. The van der Waals surface area contributed by atoms with E-state index in [9.17, 15) is 4.79 Å². The Balaban J connectivity index is 1.55. The zero-order chi connectivity index (χ0) is 13.8. The maximum absolute atomic E-state index is 11.8. The molecule has 0 bridgehead atoms. The zero-order valence-corrected chi connectivity index (χ0v) is 11.9. The quantitative estimate of drug-likeness (QED) is 0.709. The number of hydrogen-bond acceptors (Lipinski definition) is 4. The Morgan fingerprint density at radius 2 is 2.05 bits per heavy atom. The van der Waals surface area contributed by atoms with E-state index in [-0.39, 0.29) is 5.76 Å². The summed E-state index contributed by atoms with van der Waals surface area (Å²) in [5.74, 6) is -0.286. The van der Waals surface area contributed by atoms with Crippen LogP contribution in [0.3, 0.4) is 0 Å². The van der Waals surface area contributed by atoms with E-state index in [0.717, 1.165) is 25.0 Å². The Hall–Kier alpha value is -1.85. The van der Waals surface area contributed by atoms with Gasteiger partial charge in [-0.2, -0.15) is 0 Å². The normalized spacial score (nSPS) is 11.2. The molecule has 0 amide bonds. The van der Waals surface area contributed by atoms with Crippen molar-refractivity contribution in [2.45, 2.75) is 13.0 Å². The molecule has 1 N–H and O–H groups in total. The number of hydrogen-bond donors (Lipinski definition) is 1. The number of rotatable bonds is 6. The van der Waals surface area contributed by atoms with E-state index in [0.29, 0.717) is 12.1 Å². The van der Waals surface area contributed by atoms with Gasteiger partial charge in [0.05, 0.1) is 5.52 Å². The average Bonchev–Trinajstić information content (AvgIpc) is 3.06. The second-order valence-electron chi connectivity index (χ2n) is 4.57. The molecule has 4 nitrogen and oxygen atoms in total. The van der Waals surface area contributed by atoms with Crippen LogP contribution in [0.4, 0.5) is 0 Å². The van der Waals surface area contributed by atoms with E-state index >= 15 is 0 Å². The zero-order valence-electron chi connectivity index (χ0n) is 11.0. The summed E-state index contributed by atoms with van der Waals surface area (Å²) in [6.45, 7) is 2.31. The maximum atomic E-state index is 11.8. The van der Waals surface area contributed by atoms with Crippen LogP contribution in [-0.2, 0) is 13.0 Å². The molecule has 0 fully saturated rings. The molecule has 2 aromatic heterocycles. The molecule has 0 spiro atoms. The number of para-hydroxylation sites is 2. The van der Waals surface area contributed by atoms with Crippen molar-refractivity contribution in [1.29, 1.82) is 0 Å². The summed E-state index contributed by atoms with van der Waals surface area (Å²) in [6, 6.07) is 11.7. The van der Waals surface area contributed by atoms with E-state index in [1.54, 1.807) is 15.9 Å². The van der Waals surface area contributed by atoms with Crippen LogP contribution in [0.5, 0.6) is 0 Å². The summed E-state index contributed by atoms with van der Waals surface area (Å²) in [7, 11) is 0. The molecule has 0 unspecified atom stereocenters. The molecule has 3 aromatic rings. The van der Waals surface area contributed by atoms with Crippen molar-refractivity contribution in [3.8, 4) is 0 Å². The third kappa shape index (κ3) is 2.84. The minimum absolute atomic E-state index is 0.286. The molecule has 0 atom stereocenters. The Morgan fingerprint density at radius 3 is 2.90 bits per heavy atom. The first-order valence-electron chi connectivity index (χ1n) is 6.66. The average molecular weight is 288 g/mol. The van der Waals surface area contributed by atoms with Gasteiger partial charge in [0.2, 0.25) is 0 Å². The van der Waals surface area contributed by atoms with Crippen LogP contribution < -0.4 is 11.1 Å². The molecule has 3 rings (SSSR count). The van der Waals surface area contributed by atoms with Gasteiger partial charge in [-0.3, -0.25) is 4.57 Å². The predicted octanol–water partition coefficient (Wildman–Crippen LogP) is 2.49. The number of fused-ring (bicyclic) bond motifs is 1. The molecule has 0 saturated carbocycles. The molecule has 0 saturated heterocycles. The summed E-state index contributed by atoms with van der Waals surface area (Å²) in [6.07, 6.45) is 1.03. The lowest BCUT2D eigenvalue weighted by molar-refractivity contribution is 0.494. The van der Waals surface area contributed by atoms with Gasteiger partial charge in [0, 0.05) is 24.5 Å². The third-order valence-electron chi connectivity index (χ3n) is 3.21. The second kappa shape index (κ2) is 6.07. The van der Waals surface area contributed by atoms with Gasteiger partial charge >= 0.3 is 5.76 Å². The summed E-state index contributed by atoms with van der Waals surface area (Å²) in [5.41, 5.74) is 1.51. The van der Waals surface area contributed by atoms with Gasteiger partial charge in [0.15, 0.2) is 5.58 Å². The van der Waals surface area contributed by atoms with Crippen LogP contribution >= 0.6 is 11.3 Å². The molecular weight excluding hydrogens is 272 g/mol. The van der Waals surface area contributed by atoms with Gasteiger partial charge in [0.25, 0.3) is 0 Å². The van der Waals surface area contributed by atoms with Crippen LogP contribution in [-0.4, -0.2) is 17.7 Å². The van der Waals surface area contributed by atoms with E-state index in [2.05, 4.69) is 22.8 Å². The largest absolute Gasteiger partial charge is 0.419 e. The Morgan fingerprint density at radius 1 is 1.15 bits per heavy atom. The molecule has 5 heteroatoms. The molecule has 2 heterocycles. The number of nitrogens with one attached hydrogen (secondary N) is 1. The van der Waals surface area contributed by atoms with E-state index in [4.69, 9.17) is 4.42 Å². The fourth-order valence-corrected chi connectivity index (χ4v) is 2.92. The number of benzene rings is 1. The molecule has 104 valence electrons. The van der Waals surface area contributed by atoms with Gasteiger partial charge < -0.3 is 9.73 Å². The fraction of sp³-hybridized carbons (Fsp3) is 0.267. The van der Waals surface area contributed by atoms with E-state index in [1.807, 2.05) is 24.3 Å². The third-order valence-corrected chi connectivity index (χ3v) is 4.15. The summed E-state index contributed by atoms with van der Waals surface area (Å²) >= 11 is 1.77. The lowest BCUT2D eigenvalue weighted by Gasteiger charge is -2.04. The number of oxazole rings is 1. The highest BCUT2D eigenvalue weighted by Gasteiger charge is 2.07. The van der Waals surface area contributed by atoms with Gasteiger partial charge in [-0.05, 0) is 30.0 Å². The van der Waals surface area contributed by atoms with Gasteiger partial charge in [-0.25, -0.2) is 4.79 Å². The van der Waals surface area contributed by atoms with Crippen LogP contribution in [0, 0.1) is 0 Å². The number of aromatic nitrogens is 1. The Bertz CT molecular complexity index is 728. The second-order valence-corrected chi connectivity index (χ2v) is 5.60. The van der Waals surface area contributed by atoms with Crippen molar-refractivity contribution in [1.82, 2.24) is 9.88 Å². The first-order chi connectivity index (χ1) is 9.84. The van der Waals surface area contributed by atoms with Crippen molar-refractivity contribution in [3.05, 3.63) is 57.2 Å². The van der Waals surface area contributed by atoms with E-state index in [1.165, 1.54) is 4.88 Å². The van der Waals surface area contributed by atoms with Crippen molar-refractivity contribution in [3.63, 3.8) is 0 Å². The fourth-order valence-electron chi connectivity index (χ4n) is 2.21. The molecule has 1 aromatic carbocycles. The standard InChI is InChI=1S/C15H16N2O2S/c18-15-17(13-5-1-2-6-14(13)19-15)10-9-16-8-7-12-4-3-11-20-12/h1-6,11,16H,7-10H2. The Kier molecular flexibility index (Phi) is 3.99. The molecule has 20 heavy (non-hydrogen) atoms. The van der Waals surface area contributed by atoms with Crippen LogP contribution in [0.1, 0.15) is 4.88 Å². The summed E-state index contributed by atoms with van der Waals surface area (Å²) in [4.78, 5) is 13.1. The maximum Gasteiger partial charge on any atom is 0.419 e. The summed E-state index contributed by atoms with van der Waals surface area (Å²) < 4.78 is 6.87. The smallest absolute Gasteiger partial charge is 0.408 e. The molecule has 0 aliphatic rings. The van der Waals surface area contributed by atoms with Crippen molar-refractivity contribution >= 4 is 22.4 Å². The molecular formula is C15H16N2O2S. The monoisotopic (exact) mass is 288 g/mol. The summed E-state index contributed by atoms with van der Waals surface area (Å²) in [5, 5.41) is 5.45. The van der Waals surface area contributed by atoms with Crippen LogP contribution in [0.25, 0.3) is 11.1 Å². The first kappa shape index (κ1) is 13.1. The van der Waals surface area contributed by atoms with Crippen molar-refractivity contribution < 1.29 is 4.42 Å². The van der Waals surface area contributed by atoms with Crippen LogP contribution in [0.2, 0.25) is 0 Å². The van der Waals surface area contributed by atoms with Gasteiger partial charge in [0.1, 0.15) is 0 Å². The first-order valence-corrected chi connectivity index (χ1v) is 7.54. The highest BCUT2D eigenvalue weighted by atomic mass is 32.1. The molecule has 0 radical (unpaired) electrons. The van der Waals surface area contributed by atoms with Gasteiger partial charge in [-0.1, -0.05) is 18.2 Å². The lowest BCUT2D eigenvalue weighted by Crippen LogP contribution is -2.25. The molecule has 0 aliphatic heterocycles. The lowest BCUT2D eigenvalue weighted by atomic mass is 10.3. The van der Waals surface area contributed by atoms with E-state index < -0.39 is 0 Å². The highest BCUT2D eigenvalue weighted by Crippen LogP contribution is 2.11. The topological polar surface area (TPSA) is 47.2 Å². The predicted molar refractivity (Wildman–Crippen MR) is 81.4 cm³/mol. The Labute approximate surface area is 120 Å². The minimum atomic E-state index is -0.286. The molecule has 0 aliphatic carbocycles.